The van der Waals surface area contributed by atoms with E-state index < -0.39 is 0 Å². The number of hydrogen-bond acceptors (Lipinski definition) is 1. The molecule has 0 aromatic heterocycles. The Balaban J connectivity index is 1.66. The third kappa shape index (κ3) is 2.90. The molecule has 2 heteroatoms. The molecule has 0 saturated heterocycles. The van der Waals surface area contributed by atoms with E-state index in [2.05, 4.69) is 76.7 Å². The van der Waals surface area contributed by atoms with Crippen molar-refractivity contribution < 1.29 is 0 Å². The van der Waals surface area contributed by atoms with Gasteiger partial charge in [0.2, 0.25) is 0 Å². The molecule has 0 radical (unpaired) electrons. The first-order valence-corrected chi connectivity index (χ1v) is 7.60. The van der Waals surface area contributed by atoms with Crippen molar-refractivity contribution in [2.24, 2.45) is 0 Å². The Hall–Kier alpha value is -1.12. The van der Waals surface area contributed by atoms with Crippen LogP contribution in [-0.2, 0) is 12.8 Å². The van der Waals surface area contributed by atoms with Crippen molar-refractivity contribution in [2.45, 2.75) is 31.8 Å². The molecule has 0 unspecified atom stereocenters. The van der Waals surface area contributed by atoms with Crippen molar-refractivity contribution in [3.05, 3.63) is 69.7 Å². The normalized spacial score (nSPS) is 16.3. The first kappa shape index (κ1) is 12.9. The Morgan fingerprint density at radius 2 is 1.58 bits per heavy atom. The summed E-state index contributed by atoms with van der Waals surface area (Å²) >= 11 is 3.48. The van der Waals surface area contributed by atoms with Crippen LogP contribution < -0.4 is 5.32 Å². The zero-order chi connectivity index (χ0) is 13.2. The molecule has 1 aliphatic rings. The minimum Gasteiger partial charge on any atom is -0.307 e. The van der Waals surface area contributed by atoms with Gasteiger partial charge in [0, 0.05) is 16.6 Å². The van der Waals surface area contributed by atoms with E-state index in [-0.39, 0.29) is 0 Å². The number of hydrogen-bond donors (Lipinski definition) is 1. The predicted octanol–water partition coefficient (Wildman–Crippen LogP) is 4.27. The van der Waals surface area contributed by atoms with Gasteiger partial charge in [-0.15, -0.1) is 0 Å². The van der Waals surface area contributed by atoms with Crippen LogP contribution in [0.4, 0.5) is 0 Å². The largest absolute Gasteiger partial charge is 0.307 e. The summed E-state index contributed by atoms with van der Waals surface area (Å²) in [4.78, 5) is 0. The second-order valence-electron chi connectivity index (χ2n) is 5.31. The molecule has 0 saturated carbocycles. The molecule has 0 fully saturated rings. The van der Waals surface area contributed by atoms with Gasteiger partial charge in [-0.3, -0.25) is 0 Å². The van der Waals surface area contributed by atoms with Crippen LogP contribution in [0.5, 0.6) is 0 Å². The van der Waals surface area contributed by atoms with Gasteiger partial charge in [0.1, 0.15) is 0 Å². The smallest absolute Gasteiger partial charge is 0.0294 e. The highest BCUT2D eigenvalue weighted by Gasteiger charge is 2.22. The molecule has 0 aliphatic heterocycles. The standard InChI is InChI=1S/C17H18BrN/c1-12(13-6-8-16(18)9-7-13)19-17-10-14-4-2-3-5-15(14)11-17/h2-9,12,17,19H,10-11H2,1H3/t12-/m1/s1. The molecule has 1 nitrogen and oxygen atoms in total. The molecular formula is C17H18BrN. The van der Waals surface area contributed by atoms with Crippen LogP contribution >= 0.6 is 15.9 Å². The average Bonchev–Trinajstić information content (AvgIpc) is 2.81. The Labute approximate surface area is 123 Å². The molecule has 1 N–H and O–H groups in total. The van der Waals surface area contributed by atoms with E-state index in [1.807, 2.05) is 0 Å². The second kappa shape index (κ2) is 5.48. The molecular weight excluding hydrogens is 298 g/mol. The molecule has 19 heavy (non-hydrogen) atoms. The average molecular weight is 316 g/mol. The van der Waals surface area contributed by atoms with Crippen molar-refractivity contribution in [1.29, 1.82) is 0 Å². The molecule has 2 aromatic rings. The zero-order valence-electron chi connectivity index (χ0n) is 11.1. The summed E-state index contributed by atoms with van der Waals surface area (Å²) in [6.07, 6.45) is 2.30. The first-order valence-electron chi connectivity index (χ1n) is 6.80. The van der Waals surface area contributed by atoms with Crippen LogP contribution in [0.2, 0.25) is 0 Å². The van der Waals surface area contributed by atoms with Gasteiger partial charge < -0.3 is 5.32 Å². The van der Waals surface area contributed by atoms with E-state index in [0.29, 0.717) is 12.1 Å². The number of fused-ring (bicyclic) bond motifs is 1. The Morgan fingerprint density at radius 1 is 1.00 bits per heavy atom. The van der Waals surface area contributed by atoms with E-state index >= 15 is 0 Å². The monoisotopic (exact) mass is 315 g/mol. The van der Waals surface area contributed by atoms with E-state index in [9.17, 15) is 0 Å². The molecule has 98 valence electrons. The minimum atomic E-state index is 0.396. The van der Waals surface area contributed by atoms with E-state index in [1.165, 1.54) is 16.7 Å². The third-order valence-electron chi connectivity index (χ3n) is 3.91. The van der Waals surface area contributed by atoms with Crippen molar-refractivity contribution >= 4 is 15.9 Å². The van der Waals surface area contributed by atoms with Gasteiger partial charge in [-0.25, -0.2) is 0 Å². The quantitative estimate of drug-likeness (QED) is 0.892. The number of rotatable bonds is 3. The molecule has 3 rings (SSSR count). The van der Waals surface area contributed by atoms with E-state index in [4.69, 9.17) is 0 Å². The Kier molecular flexibility index (Phi) is 3.72. The van der Waals surface area contributed by atoms with Crippen LogP contribution in [0.3, 0.4) is 0 Å². The number of nitrogens with one attached hydrogen (secondary N) is 1. The molecule has 0 spiro atoms. The molecule has 2 aromatic carbocycles. The summed E-state index contributed by atoms with van der Waals surface area (Å²) in [5.74, 6) is 0. The molecule has 0 bridgehead atoms. The van der Waals surface area contributed by atoms with Crippen molar-refractivity contribution in [3.63, 3.8) is 0 Å². The summed E-state index contributed by atoms with van der Waals surface area (Å²) in [6.45, 7) is 2.24. The highest BCUT2D eigenvalue weighted by atomic mass is 79.9. The summed E-state index contributed by atoms with van der Waals surface area (Å²) in [5, 5.41) is 3.75. The fourth-order valence-corrected chi connectivity index (χ4v) is 3.14. The maximum atomic E-state index is 3.75. The van der Waals surface area contributed by atoms with Crippen molar-refractivity contribution in [3.8, 4) is 0 Å². The Bertz CT molecular complexity index is 537. The zero-order valence-corrected chi connectivity index (χ0v) is 12.7. The molecule has 1 aliphatic carbocycles. The fraction of sp³-hybridized carbons (Fsp3) is 0.294. The molecule has 0 heterocycles. The van der Waals surface area contributed by atoms with Gasteiger partial charge in [-0.05, 0) is 48.6 Å². The number of benzene rings is 2. The van der Waals surface area contributed by atoms with Crippen LogP contribution in [0, 0.1) is 0 Å². The lowest BCUT2D eigenvalue weighted by Crippen LogP contribution is -2.32. The summed E-state index contributed by atoms with van der Waals surface area (Å²) in [5.41, 5.74) is 4.35. The summed E-state index contributed by atoms with van der Waals surface area (Å²) in [7, 11) is 0. The highest BCUT2D eigenvalue weighted by molar-refractivity contribution is 9.10. The van der Waals surface area contributed by atoms with Crippen LogP contribution in [0.15, 0.2) is 53.0 Å². The van der Waals surface area contributed by atoms with Crippen LogP contribution in [0.1, 0.15) is 29.7 Å². The summed E-state index contributed by atoms with van der Waals surface area (Å²) in [6, 6.07) is 18.3. The lowest BCUT2D eigenvalue weighted by atomic mass is 10.1. The van der Waals surface area contributed by atoms with Crippen LogP contribution in [0.25, 0.3) is 0 Å². The second-order valence-corrected chi connectivity index (χ2v) is 6.23. The number of halogens is 1. The maximum Gasteiger partial charge on any atom is 0.0294 e. The van der Waals surface area contributed by atoms with Crippen LogP contribution in [-0.4, -0.2) is 6.04 Å². The lowest BCUT2D eigenvalue weighted by molar-refractivity contribution is 0.467. The van der Waals surface area contributed by atoms with Crippen molar-refractivity contribution in [1.82, 2.24) is 5.32 Å². The van der Waals surface area contributed by atoms with Gasteiger partial charge in [0.15, 0.2) is 0 Å². The van der Waals surface area contributed by atoms with Gasteiger partial charge in [0.05, 0.1) is 0 Å². The maximum absolute atomic E-state index is 3.75. The van der Waals surface area contributed by atoms with Crippen molar-refractivity contribution in [2.75, 3.05) is 0 Å². The Morgan fingerprint density at radius 3 is 2.16 bits per heavy atom. The van der Waals surface area contributed by atoms with Gasteiger partial charge >= 0.3 is 0 Å². The topological polar surface area (TPSA) is 12.0 Å². The predicted molar refractivity (Wildman–Crippen MR) is 83.3 cm³/mol. The van der Waals surface area contributed by atoms with E-state index in [1.54, 1.807) is 0 Å². The minimum absolute atomic E-state index is 0.396. The lowest BCUT2D eigenvalue weighted by Gasteiger charge is -2.19. The molecule has 1 atom stereocenters. The molecule has 0 amide bonds. The van der Waals surface area contributed by atoms with Gasteiger partial charge in [0.25, 0.3) is 0 Å². The van der Waals surface area contributed by atoms with Gasteiger partial charge in [-0.1, -0.05) is 52.3 Å². The SMILES string of the molecule is C[C@@H](NC1Cc2ccccc2C1)c1ccc(Br)cc1. The van der Waals surface area contributed by atoms with E-state index in [0.717, 1.165) is 17.3 Å². The fourth-order valence-electron chi connectivity index (χ4n) is 2.88. The highest BCUT2D eigenvalue weighted by Crippen LogP contribution is 2.24. The third-order valence-corrected chi connectivity index (χ3v) is 4.44. The summed E-state index contributed by atoms with van der Waals surface area (Å²) < 4.78 is 1.14. The first-order chi connectivity index (χ1) is 9.22. The van der Waals surface area contributed by atoms with Gasteiger partial charge in [-0.2, -0.15) is 0 Å².